The number of β-amino-alcohol motifs (C(OH)–C–C–N with tert-alkyl or cyclic N) is 1. The lowest BCUT2D eigenvalue weighted by atomic mass is 9.95. The Morgan fingerprint density at radius 2 is 2.08 bits per heavy atom. The molecule has 36 heavy (non-hydrogen) atoms. The summed E-state index contributed by atoms with van der Waals surface area (Å²) in [6.45, 7) is 13.2. The van der Waals surface area contributed by atoms with Gasteiger partial charge in [-0.3, -0.25) is 9.80 Å². The lowest BCUT2D eigenvalue weighted by Crippen LogP contribution is -2.58. The maximum absolute atomic E-state index is 14.6. The number of hydrogen-bond acceptors (Lipinski definition) is 7. The van der Waals surface area contributed by atoms with Crippen LogP contribution in [-0.2, 0) is 16.1 Å². The van der Waals surface area contributed by atoms with Gasteiger partial charge in [0.1, 0.15) is 12.4 Å². The van der Waals surface area contributed by atoms with Gasteiger partial charge in [0.15, 0.2) is 5.82 Å². The van der Waals surface area contributed by atoms with Crippen LogP contribution in [0, 0.1) is 19.3 Å². The van der Waals surface area contributed by atoms with Crippen LogP contribution in [0.1, 0.15) is 44.8 Å². The molecule has 0 saturated carbocycles. The first-order valence-electron chi connectivity index (χ1n) is 11.7. The van der Waals surface area contributed by atoms with E-state index in [1.807, 2.05) is 13.0 Å². The van der Waals surface area contributed by atoms with Gasteiger partial charge in [0, 0.05) is 49.9 Å². The number of morpholine rings is 1. The number of nitrogens with zero attached hydrogens (tertiary/aromatic N) is 3. The minimum absolute atomic E-state index is 0. The second kappa shape index (κ2) is 10.7. The maximum Gasteiger partial charge on any atom is 0.338 e. The number of aliphatic hydroxyl groups is 1. The molecular formula is C26H29ClFN3O5. The highest BCUT2D eigenvalue weighted by Gasteiger charge is 2.36. The molecule has 0 spiro atoms. The number of methoxy groups -OCH3 is 1. The van der Waals surface area contributed by atoms with Gasteiger partial charge in [-0.05, 0) is 24.1 Å². The third-order valence-corrected chi connectivity index (χ3v) is 7.36. The second-order valence-corrected chi connectivity index (χ2v) is 9.26. The molecule has 5 rings (SSSR count). The number of ether oxygens (including phenoxy) is 3. The number of hydrogen-bond donors (Lipinski definition) is 1. The molecule has 0 amide bonds. The molecule has 0 aliphatic carbocycles. The van der Waals surface area contributed by atoms with E-state index in [-0.39, 0.29) is 48.6 Å². The molecule has 2 saturated heterocycles. The molecule has 192 valence electrons. The normalized spacial score (nSPS) is 22.6. The Kier molecular flexibility index (Phi) is 7.83. The van der Waals surface area contributed by atoms with Crippen LogP contribution in [-0.4, -0.2) is 73.4 Å². The monoisotopic (exact) mass is 517 g/mol. The highest BCUT2D eigenvalue weighted by Crippen LogP contribution is 2.38. The molecule has 2 aromatic rings. The summed E-state index contributed by atoms with van der Waals surface area (Å²) in [5.41, 5.74) is 3.73. The Bertz CT molecular complexity index is 1200. The van der Waals surface area contributed by atoms with Gasteiger partial charge in [0.25, 0.3) is 0 Å². The zero-order chi connectivity index (χ0) is 24.7. The van der Waals surface area contributed by atoms with Crippen molar-refractivity contribution in [3.05, 3.63) is 69.3 Å². The van der Waals surface area contributed by atoms with Crippen LogP contribution in [0.15, 0.2) is 24.3 Å². The zero-order valence-electron chi connectivity index (χ0n) is 20.2. The summed E-state index contributed by atoms with van der Waals surface area (Å²) in [4.78, 5) is 19.6. The number of esters is 1. The number of rotatable bonds is 5. The molecule has 0 radical (unpaired) electrons. The minimum Gasteiger partial charge on any atom is -0.495 e. The Balaban J connectivity index is 0.00000304. The van der Waals surface area contributed by atoms with Crippen LogP contribution in [0.3, 0.4) is 0 Å². The fourth-order valence-electron chi connectivity index (χ4n) is 5.38. The Morgan fingerprint density at radius 1 is 1.28 bits per heavy atom. The van der Waals surface area contributed by atoms with Crippen LogP contribution >= 0.6 is 12.4 Å². The smallest absolute Gasteiger partial charge is 0.338 e. The molecule has 0 bridgehead atoms. The van der Waals surface area contributed by atoms with Gasteiger partial charge in [-0.25, -0.2) is 14.0 Å². The van der Waals surface area contributed by atoms with Crippen molar-refractivity contribution < 1.29 is 28.5 Å². The number of cyclic esters (lactones) is 1. The molecule has 2 aromatic carbocycles. The van der Waals surface area contributed by atoms with E-state index in [0.29, 0.717) is 30.8 Å². The molecule has 3 atom stereocenters. The molecule has 3 aliphatic heterocycles. The van der Waals surface area contributed by atoms with Crippen LogP contribution in [0.25, 0.3) is 4.85 Å². The molecule has 1 N–H and O–H groups in total. The van der Waals surface area contributed by atoms with Gasteiger partial charge in [-0.1, -0.05) is 18.2 Å². The average Bonchev–Trinajstić information content (AvgIpc) is 3.25. The van der Waals surface area contributed by atoms with Crippen molar-refractivity contribution in [2.24, 2.45) is 0 Å². The number of carbonyl (C=O) groups is 1. The number of fused-ring (bicyclic) bond motifs is 2. The summed E-state index contributed by atoms with van der Waals surface area (Å²) in [5, 5.41) is 11.0. The first-order valence-corrected chi connectivity index (χ1v) is 11.7. The van der Waals surface area contributed by atoms with Gasteiger partial charge in [0.05, 0.1) is 38.1 Å². The highest BCUT2D eigenvalue weighted by atomic mass is 35.5. The SMILES string of the molecule is Cl.[C-]#[N+]c1ccc([C@@H]2CN3CCN(C[C@H](O)c4ccc5c(c4C)COC5=O)C[C@H]3CO2)c(OC)c1F. The average molecular weight is 518 g/mol. The number of carbonyl (C=O) groups excluding carboxylic acids is 1. The largest absolute Gasteiger partial charge is 0.495 e. The fourth-order valence-corrected chi connectivity index (χ4v) is 5.38. The van der Waals surface area contributed by atoms with E-state index in [9.17, 15) is 14.3 Å². The summed E-state index contributed by atoms with van der Waals surface area (Å²) < 4.78 is 31.1. The number of halogens is 2. The zero-order valence-corrected chi connectivity index (χ0v) is 21.0. The van der Waals surface area contributed by atoms with Gasteiger partial charge in [-0.2, -0.15) is 0 Å². The topological polar surface area (TPSA) is 75.8 Å². The Hall–Kier alpha value is -2.74. The summed E-state index contributed by atoms with van der Waals surface area (Å²) in [5.74, 6) is -0.888. The first kappa shape index (κ1) is 26.3. The second-order valence-electron chi connectivity index (χ2n) is 9.26. The van der Waals surface area contributed by atoms with Gasteiger partial charge < -0.3 is 19.3 Å². The van der Waals surface area contributed by atoms with Crippen LogP contribution in [0.2, 0.25) is 0 Å². The molecule has 8 nitrogen and oxygen atoms in total. The fraction of sp³-hybridized carbons (Fsp3) is 0.462. The van der Waals surface area contributed by atoms with Crippen molar-refractivity contribution in [1.82, 2.24) is 9.80 Å². The minimum atomic E-state index is -0.673. The van der Waals surface area contributed by atoms with Crippen LogP contribution in [0.5, 0.6) is 5.75 Å². The highest BCUT2D eigenvalue weighted by molar-refractivity contribution is 5.94. The molecule has 2 fully saturated rings. The van der Waals surface area contributed by atoms with E-state index in [0.717, 1.165) is 36.3 Å². The Labute approximate surface area is 215 Å². The number of piperazine rings is 1. The summed E-state index contributed by atoms with van der Waals surface area (Å²) in [7, 11) is 1.40. The lowest BCUT2D eigenvalue weighted by molar-refractivity contribution is -0.0943. The van der Waals surface area contributed by atoms with Crippen LogP contribution < -0.4 is 4.74 Å². The van der Waals surface area contributed by atoms with Crippen molar-refractivity contribution >= 4 is 24.1 Å². The number of aliphatic hydroxyl groups excluding tert-OH is 1. The van der Waals surface area contributed by atoms with Crippen molar-refractivity contribution in [1.29, 1.82) is 0 Å². The van der Waals surface area contributed by atoms with E-state index in [2.05, 4.69) is 14.6 Å². The third kappa shape index (κ3) is 4.67. The molecule has 3 aliphatic rings. The standard InChI is InChI=1S/C26H28FN3O5.ClH/c1-15-17(4-5-18-20(15)14-35-26(18)32)22(31)11-29-8-9-30-12-23(34-13-16(30)10-29)19-6-7-21(28-2)24(27)25(19)33-3;/h4-7,16,22-23,31H,8-14H2,1,3H3;1H/t16-,22-,23-;/m0./s1. The lowest BCUT2D eigenvalue weighted by Gasteiger charge is -2.46. The van der Waals surface area contributed by atoms with E-state index < -0.39 is 11.9 Å². The maximum atomic E-state index is 14.6. The van der Waals surface area contributed by atoms with Gasteiger partial charge >= 0.3 is 5.97 Å². The molecule has 0 unspecified atom stereocenters. The summed E-state index contributed by atoms with van der Waals surface area (Å²) in [6, 6.07) is 6.91. The van der Waals surface area contributed by atoms with Crippen molar-refractivity contribution in [3.8, 4) is 5.75 Å². The Morgan fingerprint density at radius 3 is 2.83 bits per heavy atom. The molecule has 0 aromatic heterocycles. The van der Waals surface area contributed by atoms with Gasteiger partial charge in [-0.15, -0.1) is 12.4 Å². The van der Waals surface area contributed by atoms with E-state index in [1.165, 1.54) is 13.2 Å². The molecule has 10 heteroatoms. The van der Waals surface area contributed by atoms with Crippen LogP contribution in [0.4, 0.5) is 10.1 Å². The van der Waals surface area contributed by atoms with Gasteiger partial charge in [0.2, 0.25) is 5.69 Å². The van der Waals surface area contributed by atoms with Crippen molar-refractivity contribution in [3.63, 3.8) is 0 Å². The number of benzene rings is 2. The van der Waals surface area contributed by atoms with E-state index in [4.69, 9.17) is 20.8 Å². The first-order chi connectivity index (χ1) is 16.9. The summed E-state index contributed by atoms with van der Waals surface area (Å²) >= 11 is 0. The van der Waals surface area contributed by atoms with E-state index in [1.54, 1.807) is 12.1 Å². The molecule has 3 heterocycles. The molecular weight excluding hydrogens is 489 g/mol. The predicted octanol–water partition coefficient (Wildman–Crippen LogP) is 3.58. The van der Waals surface area contributed by atoms with E-state index >= 15 is 0 Å². The van der Waals surface area contributed by atoms with Crippen molar-refractivity contribution in [2.45, 2.75) is 31.8 Å². The predicted molar refractivity (Wildman–Crippen MR) is 132 cm³/mol. The van der Waals surface area contributed by atoms with Crippen molar-refractivity contribution in [2.75, 3.05) is 46.4 Å². The third-order valence-electron chi connectivity index (χ3n) is 7.36. The quantitative estimate of drug-likeness (QED) is 0.480. The summed E-state index contributed by atoms with van der Waals surface area (Å²) in [6.07, 6.45) is -1.01.